The van der Waals surface area contributed by atoms with Gasteiger partial charge in [0, 0.05) is 6.07 Å². The average Bonchev–Trinajstić information content (AvgIpc) is 2.92. The summed E-state index contributed by atoms with van der Waals surface area (Å²) in [5.41, 5.74) is 2.20. The molecule has 0 radical (unpaired) electrons. The Morgan fingerprint density at radius 1 is 0.833 bits per heavy atom. The van der Waals surface area contributed by atoms with Gasteiger partial charge < -0.3 is 24.6 Å². The summed E-state index contributed by atoms with van der Waals surface area (Å²) in [4.78, 5) is 29.4. The number of carbonyl (C=O) groups excluding carboxylic acids is 2. The Morgan fingerprint density at radius 2 is 1.47 bits per heavy atom. The number of rotatable bonds is 9. The number of anilines is 1. The zero-order valence-electron chi connectivity index (χ0n) is 19.5. The third kappa shape index (κ3) is 6.18. The van der Waals surface area contributed by atoms with E-state index in [2.05, 4.69) is 10.3 Å². The molecule has 0 bridgehead atoms. The molecular weight excluding hydrogens is 460 g/mol. The van der Waals surface area contributed by atoms with Gasteiger partial charge in [0.15, 0.2) is 0 Å². The number of nitrogens with one attached hydrogen (secondary N) is 1. The highest BCUT2D eigenvalue weighted by atomic mass is 16.5. The predicted molar refractivity (Wildman–Crippen MR) is 133 cm³/mol. The number of aromatic hydroxyl groups is 1. The van der Waals surface area contributed by atoms with E-state index >= 15 is 0 Å². The molecule has 0 unspecified atom stereocenters. The molecule has 182 valence electrons. The van der Waals surface area contributed by atoms with Crippen molar-refractivity contribution >= 4 is 17.6 Å². The van der Waals surface area contributed by atoms with Crippen LogP contribution in [0.4, 0.5) is 5.69 Å². The van der Waals surface area contributed by atoms with Gasteiger partial charge in [0.05, 0.1) is 18.4 Å². The molecule has 36 heavy (non-hydrogen) atoms. The summed E-state index contributed by atoms with van der Waals surface area (Å²) in [5.74, 6) is -1.05. The number of hydrogen-bond donors (Lipinski definition) is 2. The number of esters is 1. The molecule has 0 spiro atoms. The van der Waals surface area contributed by atoms with Gasteiger partial charge in [0.2, 0.25) is 11.8 Å². The van der Waals surface area contributed by atoms with Gasteiger partial charge in [0.25, 0.3) is 5.91 Å². The molecule has 1 aromatic heterocycles. The summed E-state index contributed by atoms with van der Waals surface area (Å²) < 4.78 is 16.4. The van der Waals surface area contributed by atoms with E-state index in [4.69, 9.17) is 14.2 Å². The topological polar surface area (TPSA) is 107 Å². The van der Waals surface area contributed by atoms with Crippen LogP contribution in [0.25, 0.3) is 0 Å². The Labute approximate surface area is 208 Å². The first kappa shape index (κ1) is 24.3. The first-order chi connectivity index (χ1) is 17.5. The largest absolute Gasteiger partial charge is 0.506 e. The second-order valence-corrected chi connectivity index (χ2v) is 7.73. The van der Waals surface area contributed by atoms with Crippen molar-refractivity contribution in [1.82, 2.24) is 4.98 Å². The summed E-state index contributed by atoms with van der Waals surface area (Å²) in [7, 11) is 1.25. The molecule has 2 N–H and O–H groups in total. The van der Waals surface area contributed by atoms with Crippen LogP contribution >= 0.6 is 0 Å². The van der Waals surface area contributed by atoms with E-state index in [0.717, 1.165) is 11.1 Å². The number of ether oxygens (including phenoxy) is 3. The molecule has 1 heterocycles. The first-order valence-electron chi connectivity index (χ1n) is 11.1. The normalized spacial score (nSPS) is 10.4. The minimum atomic E-state index is -0.598. The number of aromatic nitrogens is 1. The lowest BCUT2D eigenvalue weighted by atomic mass is 10.1. The average molecular weight is 485 g/mol. The van der Waals surface area contributed by atoms with E-state index < -0.39 is 11.9 Å². The van der Waals surface area contributed by atoms with E-state index in [1.54, 1.807) is 6.07 Å². The highest BCUT2D eigenvalue weighted by Crippen LogP contribution is 2.28. The number of phenols is 1. The van der Waals surface area contributed by atoms with Gasteiger partial charge in [-0.2, -0.15) is 4.98 Å². The Morgan fingerprint density at radius 3 is 2.11 bits per heavy atom. The van der Waals surface area contributed by atoms with Crippen LogP contribution < -0.4 is 14.8 Å². The fourth-order valence-corrected chi connectivity index (χ4v) is 3.31. The van der Waals surface area contributed by atoms with E-state index in [0.29, 0.717) is 6.61 Å². The second-order valence-electron chi connectivity index (χ2n) is 7.73. The number of benzene rings is 3. The van der Waals surface area contributed by atoms with Crippen molar-refractivity contribution in [1.29, 1.82) is 0 Å². The number of phenolic OH excluding ortho intramolecular Hbond substituents is 1. The Balaban J connectivity index is 1.58. The second kappa shape index (κ2) is 11.5. The summed E-state index contributed by atoms with van der Waals surface area (Å²) in [6.07, 6.45) is 0. The molecule has 4 aromatic rings. The third-order valence-corrected chi connectivity index (χ3v) is 5.19. The van der Waals surface area contributed by atoms with Crippen LogP contribution in [0.5, 0.6) is 17.5 Å². The fraction of sp³-hybridized carbons (Fsp3) is 0.107. The highest BCUT2D eigenvalue weighted by molar-refractivity contribution is 6.07. The van der Waals surface area contributed by atoms with E-state index in [9.17, 15) is 14.7 Å². The molecule has 8 heteroatoms. The highest BCUT2D eigenvalue weighted by Gasteiger charge is 2.19. The van der Waals surface area contributed by atoms with Crippen LogP contribution in [-0.4, -0.2) is 29.1 Å². The maximum Gasteiger partial charge on any atom is 0.337 e. The SMILES string of the molecule is COC(=O)c1ccc(O)c(NC(=O)c2ccc(OCc3ccccc3)nc2OCc2ccccc2)c1. The van der Waals surface area contributed by atoms with E-state index in [1.165, 1.54) is 31.4 Å². The monoisotopic (exact) mass is 484 g/mol. The van der Waals surface area contributed by atoms with Gasteiger partial charge in [-0.15, -0.1) is 0 Å². The smallest absolute Gasteiger partial charge is 0.337 e. The quantitative estimate of drug-likeness (QED) is 0.255. The Kier molecular flexibility index (Phi) is 7.77. The van der Waals surface area contributed by atoms with Crippen molar-refractivity contribution in [3.05, 3.63) is 113 Å². The minimum Gasteiger partial charge on any atom is -0.506 e. The standard InChI is InChI=1S/C28H24N2O6/c1-34-28(33)21-12-14-24(31)23(16-21)29-26(32)22-13-15-25(35-17-19-8-4-2-5-9-19)30-27(22)36-18-20-10-6-3-7-11-20/h2-16,31H,17-18H2,1H3,(H,29,32). The third-order valence-electron chi connectivity index (χ3n) is 5.19. The van der Waals surface area contributed by atoms with Crippen molar-refractivity contribution in [2.75, 3.05) is 12.4 Å². The number of hydrogen-bond acceptors (Lipinski definition) is 7. The van der Waals surface area contributed by atoms with Crippen LogP contribution in [0, 0.1) is 0 Å². The van der Waals surface area contributed by atoms with Crippen molar-refractivity contribution in [3.8, 4) is 17.5 Å². The fourth-order valence-electron chi connectivity index (χ4n) is 3.31. The molecule has 0 atom stereocenters. The number of methoxy groups -OCH3 is 1. The molecule has 1 amide bonds. The molecule has 0 saturated carbocycles. The number of amides is 1. The summed E-state index contributed by atoms with van der Waals surface area (Å²) in [6.45, 7) is 0.477. The lowest BCUT2D eigenvalue weighted by Crippen LogP contribution is -2.15. The van der Waals surface area contributed by atoms with Crippen LogP contribution in [0.2, 0.25) is 0 Å². The number of nitrogens with zero attached hydrogens (tertiary/aromatic N) is 1. The molecular formula is C28H24N2O6. The molecule has 0 saturated heterocycles. The zero-order chi connectivity index (χ0) is 25.3. The van der Waals surface area contributed by atoms with Gasteiger partial charge >= 0.3 is 5.97 Å². The van der Waals surface area contributed by atoms with Gasteiger partial charge in [-0.1, -0.05) is 60.7 Å². The molecule has 3 aromatic carbocycles. The van der Waals surface area contributed by atoms with Gasteiger partial charge in [-0.05, 0) is 35.4 Å². The van der Waals surface area contributed by atoms with Crippen molar-refractivity contribution < 1.29 is 28.9 Å². The number of carbonyl (C=O) groups is 2. The van der Waals surface area contributed by atoms with Crippen LogP contribution in [0.1, 0.15) is 31.8 Å². The Bertz CT molecular complexity index is 1340. The number of pyridine rings is 1. The molecule has 0 fully saturated rings. The van der Waals surface area contributed by atoms with Crippen molar-refractivity contribution in [3.63, 3.8) is 0 Å². The minimum absolute atomic E-state index is 0.0429. The zero-order valence-corrected chi connectivity index (χ0v) is 19.5. The van der Waals surface area contributed by atoms with Crippen LogP contribution in [0.15, 0.2) is 91.0 Å². The maximum atomic E-state index is 13.1. The van der Waals surface area contributed by atoms with Crippen LogP contribution in [0.3, 0.4) is 0 Å². The molecule has 0 aliphatic rings. The Hall–Kier alpha value is -4.85. The van der Waals surface area contributed by atoms with Gasteiger partial charge in [-0.3, -0.25) is 4.79 Å². The predicted octanol–water partition coefficient (Wildman–Crippen LogP) is 4.98. The molecule has 0 aliphatic heterocycles. The maximum absolute atomic E-state index is 13.1. The first-order valence-corrected chi connectivity index (χ1v) is 11.1. The van der Waals surface area contributed by atoms with E-state index in [1.807, 2.05) is 60.7 Å². The lowest BCUT2D eigenvalue weighted by molar-refractivity contribution is 0.0600. The molecule has 8 nitrogen and oxygen atoms in total. The van der Waals surface area contributed by atoms with E-state index in [-0.39, 0.29) is 40.9 Å². The lowest BCUT2D eigenvalue weighted by Gasteiger charge is -2.14. The van der Waals surface area contributed by atoms with Crippen LogP contribution in [-0.2, 0) is 18.0 Å². The summed E-state index contributed by atoms with van der Waals surface area (Å²) >= 11 is 0. The van der Waals surface area contributed by atoms with Crippen molar-refractivity contribution in [2.24, 2.45) is 0 Å². The van der Waals surface area contributed by atoms with Gasteiger partial charge in [-0.25, -0.2) is 4.79 Å². The molecule has 0 aliphatic carbocycles. The van der Waals surface area contributed by atoms with Gasteiger partial charge in [0.1, 0.15) is 24.5 Å². The molecule has 4 rings (SSSR count). The van der Waals surface area contributed by atoms with Crippen molar-refractivity contribution in [2.45, 2.75) is 13.2 Å². The summed E-state index contributed by atoms with van der Waals surface area (Å²) in [5, 5.41) is 12.8. The summed E-state index contributed by atoms with van der Waals surface area (Å²) in [6, 6.07) is 26.2.